The van der Waals surface area contributed by atoms with E-state index in [1.807, 2.05) is 12.1 Å². The van der Waals surface area contributed by atoms with Crippen molar-refractivity contribution >= 4 is 5.69 Å². The molecule has 1 aliphatic heterocycles. The van der Waals surface area contributed by atoms with Crippen LogP contribution < -0.4 is 10.2 Å². The Bertz CT molecular complexity index is 386. The highest BCUT2D eigenvalue weighted by molar-refractivity contribution is 5.50. The van der Waals surface area contributed by atoms with Crippen molar-refractivity contribution in [3.05, 3.63) is 29.6 Å². The monoisotopic (exact) mass is 250 g/mol. The fourth-order valence-corrected chi connectivity index (χ4v) is 2.49. The number of halogens is 1. The van der Waals surface area contributed by atoms with Crippen LogP contribution in [0.5, 0.6) is 0 Å². The third-order valence-corrected chi connectivity index (χ3v) is 3.62. The summed E-state index contributed by atoms with van der Waals surface area (Å²) in [6.45, 7) is 7.16. The van der Waals surface area contributed by atoms with Gasteiger partial charge in [0.25, 0.3) is 0 Å². The lowest BCUT2D eigenvalue weighted by atomic mass is 10.1. The number of nitrogens with one attached hydrogen (secondary N) is 1. The molecule has 2 nitrogen and oxygen atoms in total. The van der Waals surface area contributed by atoms with Gasteiger partial charge in [0.05, 0.1) is 5.69 Å². The molecule has 0 amide bonds. The quantitative estimate of drug-likeness (QED) is 0.860. The fraction of sp³-hybridized carbons (Fsp3) is 0.600. The summed E-state index contributed by atoms with van der Waals surface area (Å²) < 4.78 is 14.1. The van der Waals surface area contributed by atoms with Crippen molar-refractivity contribution in [1.82, 2.24) is 5.32 Å². The summed E-state index contributed by atoms with van der Waals surface area (Å²) in [5.74, 6) is -0.0838. The van der Waals surface area contributed by atoms with E-state index in [2.05, 4.69) is 24.1 Å². The highest BCUT2D eigenvalue weighted by Gasteiger charge is 2.17. The average molecular weight is 250 g/mol. The van der Waals surface area contributed by atoms with Crippen LogP contribution in [0.3, 0.4) is 0 Å². The molecule has 18 heavy (non-hydrogen) atoms. The third kappa shape index (κ3) is 3.02. The van der Waals surface area contributed by atoms with Crippen LogP contribution >= 0.6 is 0 Å². The van der Waals surface area contributed by atoms with Gasteiger partial charge >= 0.3 is 0 Å². The van der Waals surface area contributed by atoms with Gasteiger partial charge in [-0.2, -0.15) is 0 Å². The summed E-state index contributed by atoms with van der Waals surface area (Å²) in [4.78, 5) is 2.14. The van der Waals surface area contributed by atoms with Gasteiger partial charge in [-0.25, -0.2) is 4.39 Å². The van der Waals surface area contributed by atoms with Crippen LogP contribution in [0.2, 0.25) is 0 Å². The molecule has 0 radical (unpaired) electrons. The highest BCUT2D eigenvalue weighted by Crippen LogP contribution is 2.26. The molecule has 0 aliphatic carbocycles. The minimum Gasteiger partial charge on any atom is -0.369 e. The molecule has 0 aromatic heterocycles. The Hall–Kier alpha value is -1.09. The molecule has 1 aromatic carbocycles. The first-order valence-corrected chi connectivity index (χ1v) is 7.00. The number of hydrogen-bond acceptors (Lipinski definition) is 2. The van der Waals surface area contributed by atoms with Crippen LogP contribution in [0.1, 0.15) is 44.7 Å². The molecule has 1 atom stereocenters. The molecule has 2 rings (SSSR count). The molecule has 1 aliphatic rings. The van der Waals surface area contributed by atoms with Crippen molar-refractivity contribution in [3.8, 4) is 0 Å². The topological polar surface area (TPSA) is 15.3 Å². The Morgan fingerprint density at radius 1 is 1.33 bits per heavy atom. The minimum atomic E-state index is -0.0838. The molecule has 0 spiro atoms. The molecule has 0 bridgehead atoms. The first-order valence-electron chi connectivity index (χ1n) is 7.00. The van der Waals surface area contributed by atoms with Crippen LogP contribution in [-0.2, 0) is 0 Å². The van der Waals surface area contributed by atoms with Crippen molar-refractivity contribution in [1.29, 1.82) is 0 Å². The van der Waals surface area contributed by atoms with Crippen LogP contribution in [0.15, 0.2) is 18.2 Å². The molecule has 1 fully saturated rings. The van der Waals surface area contributed by atoms with Gasteiger partial charge in [-0.15, -0.1) is 0 Å². The van der Waals surface area contributed by atoms with Gasteiger partial charge in [0.1, 0.15) is 5.82 Å². The maximum absolute atomic E-state index is 14.1. The van der Waals surface area contributed by atoms with E-state index in [-0.39, 0.29) is 11.9 Å². The first-order chi connectivity index (χ1) is 8.72. The third-order valence-electron chi connectivity index (χ3n) is 3.62. The van der Waals surface area contributed by atoms with E-state index < -0.39 is 0 Å². The molecule has 1 saturated heterocycles. The zero-order valence-corrected chi connectivity index (χ0v) is 11.4. The second-order valence-electron chi connectivity index (χ2n) is 5.08. The normalized spacial score (nSPS) is 17.2. The molecule has 0 saturated carbocycles. The van der Waals surface area contributed by atoms with Crippen molar-refractivity contribution < 1.29 is 4.39 Å². The summed E-state index contributed by atoms with van der Waals surface area (Å²) in [6, 6.07) is 5.87. The number of anilines is 1. The number of rotatable bonds is 5. The van der Waals surface area contributed by atoms with E-state index in [9.17, 15) is 4.39 Å². The zero-order chi connectivity index (χ0) is 13.0. The Balaban J connectivity index is 2.08. The van der Waals surface area contributed by atoms with Crippen molar-refractivity contribution in [3.63, 3.8) is 0 Å². The van der Waals surface area contributed by atoms with E-state index in [0.717, 1.165) is 37.3 Å². The molecule has 1 aromatic rings. The van der Waals surface area contributed by atoms with Crippen LogP contribution in [-0.4, -0.2) is 19.6 Å². The molecular formula is C15H23FN2. The van der Waals surface area contributed by atoms with Crippen LogP contribution in [0.25, 0.3) is 0 Å². The first kappa shape index (κ1) is 13.3. The summed E-state index contributed by atoms with van der Waals surface area (Å²) in [6.07, 6.45) is 3.45. The lowest BCUT2D eigenvalue weighted by Gasteiger charge is -2.20. The van der Waals surface area contributed by atoms with Crippen molar-refractivity contribution in [2.45, 2.75) is 39.2 Å². The standard InChI is InChI=1S/C15H23FN2/c1-3-8-17-12(2)13-6-7-15(14(16)11-13)18-9-4-5-10-18/h6-7,11-12,17H,3-5,8-10H2,1-2H3/t12-/m0/s1. The van der Waals surface area contributed by atoms with Gasteiger partial charge < -0.3 is 10.2 Å². The number of hydrogen-bond donors (Lipinski definition) is 1. The number of nitrogens with zero attached hydrogens (tertiary/aromatic N) is 1. The summed E-state index contributed by atoms with van der Waals surface area (Å²) in [5.41, 5.74) is 1.79. The molecular weight excluding hydrogens is 227 g/mol. The summed E-state index contributed by atoms with van der Waals surface area (Å²) in [7, 11) is 0. The summed E-state index contributed by atoms with van der Waals surface area (Å²) in [5, 5.41) is 3.38. The summed E-state index contributed by atoms with van der Waals surface area (Å²) >= 11 is 0. The maximum Gasteiger partial charge on any atom is 0.146 e. The zero-order valence-electron chi connectivity index (χ0n) is 11.4. The van der Waals surface area contributed by atoms with Crippen LogP contribution in [0.4, 0.5) is 10.1 Å². The van der Waals surface area contributed by atoms with Crippen molar-refractivity contribution in [2.75, 3.05) is 24.5 Å². The molecule has 1 heterocycles. The van der Waals surface area contributed by atoms with E-state index in [0.29, 0.717) is 0 Å². The average Bonchev–Trinajstić information content (AvgIpc) is 2.89. The van der Waals surface area contributed by atoms with E-state index in [1.54, 1.807) is 6.07 Å². The van der Waals surface area contributed by atoms with E-state index in [1.165, 1.54) is 12.8 Å². The number of benzene rings is 1. The van der Waals surface area contributed by atoms with Crippen molar-refractivity contribution in [2.24, 2.45) is 0 Å². The van der Waals surface area contributed by atoms with E-state index >= 15 is 0 Å². The molecule has 3 heteroatoms. The predicted molar refractivity (Wildman–Crippen MR) is 74.6 cm³/mol. The van der Waals surface area contributed by atoms with E-state index in [4.69, 9.17) is 0 Å². The predicted octanol–water partition coefficient (Wildman–Crippen LogP) is 3.49. The maximum atomic E-state index is 14.1. The smallest absolute Gasteiger partial charge is 0.146 e. The van der Waals surface area contributed by atoms with Gasteiger partial charge in [-0.3, -0.25) is 0 Å². The minimum absolute atomic E-state index is 0.0838. The fourth-order valence-electron chi connectivity index (χ4n) is 2.49. The van der Waals surface area contributed by atoms with Gasteiger partial charge in [-0.05, 0) is 50.4 Å². The lowest BCUT2D eigenvalue weighted by Crippen LogP contribution is -2.21. The van der Waals surface area contributed by atoms with Gasteiger partial charge in [0.2, 0.25) is 0 Å². The Morgan fingerprint density at radius 3 is 2.67 bits per heavy atom. The largest absolute Gasteiger partial charge is 0.369 e. The van der Waals surface area contributed by atoms with Gasteiger partial charge in [0.15, 0.2) is 0 Å². The van der Waals surface area contributed by atoms with Gasteiger partial charge in [0, 0.05) is 19.1 Å². The Kier molecular flexibility index (Phi) is 4.59. The molecule has 1 N–H and O–H groups in total. The van der Waals surface area contributed by atoms with Gasteiger partial charge in [-0.1, -0.05) is 13.0 Å². The highest BCUT2D eigenvalue weighted by atomic mass is 19.1. The second-order valence-corrected chi connectivity index (χ2v) is 5.08. The molecule has 100 valence electrons. The molecule has 0 unspecified atom stereocenters. The van der Waals surface area contributed by atoms with Crippen LogP contribution in [0, 0.1) is 5.82 Å². The lowest BCUT2D eigenvalue weighted by molar-refractivity contribution is 0.561. The second kappa shape index (κ2) is 6.19. The Morgan fingerprint density at radius 2 is 2.06 bits per heavy atom. The SMILES string of the molecule is CCCN[C@@H](C)c1ccc(N2CCCC2)c(F)c1. The Labute approximate surface area is 109 Å².